The fourth-order valence-corrected chi connectivity index (χ4v) is 3.00. The van der Waals surface area contributed by atoms with E-state index in [2.05, 4.69) is 20.9 Å². The van der Waals surface area contributed by atoms with Crippen molar-refractivity contribution < 1.29 is 14.3 Å². The van der Waals surface area contributed by atoms with Gasteiger partial charge in [-0.3, -0.25) is 0 Å². The Hall–Kier alpha value is -1.14. The van der Waals surface area contributed by atoms with Crippen molar-refractivity contribution in [2.75, 3.05) is 0 Å². The lowest BCUT2D eigenvalue weighted by Crippen LogP contribution is -2.00. The van der Waals surface area contributed by atoms with E-state index in [0.29, 0.717) is 16.5 Å². The normalized spacial score (nSPS) is 11.1. The second kappa shape index (κ2) is 4.62. The van der Waals surface area contributed by atoms with Crippen LogP contribution in [0.15, 0.2) is 21.2 Å². The number of furan rings is 1. The molecule has 0 aliphatic heterocycles. The predicted molar refractivity (Wildman–Crippen MR) is 68.6 cm³/mol. The molecule has 0 aromatic carbocycles. The molecule has 2 rings (SSSR count). The van der Waals surface area contributed by atoms with Crippen LogP contribution in [-0.2, 0) is 0 Å². The van der Waals surface area contributed by atoms with E-state index in [9.17, 15) is 4.79 Å². The van der Waals surface area contributed by atoms with Crippen LogP contribution in [0.4, 0.5) is 0 Å². The number of aromatic nitrogens is 1. The molecule has 90 valence electrons. The summed E-state index contributed by atoms with van der Waals surface area (Å²) in [6.07, 6.45) is 1.54. The molecule has 0 fully saturated rings. The second-order valence-corrected chi connectivity index (χ2v) is 5.64. The number of hydrogen-bond acceptors (Lipinski definition) is 4. The zero-order chi connectivity index (χ0) is 12.6. The number of carbonyl (C=O) groups is 1. The van der Waals surface area contributed by atoms with Gasteiger partial charge in [-0.1, -0.05) is 13.8 Å². The van der Waals surface area contributed by atoms with E-state index in [1.165, 1.54) is 6.26 Å². The van der Waals surface area contributed by atoms with Gasteiger partial charge in [-0.2, -0.15) is 0 Å². The van der Waals surface area contributed by atoms with Crippen LogP contribution in [0.5, 0.6) is 0 Å². The summed E-state index contributed by atoms with van der Waals surface area (Å²) in [4.78, 5) is 15.7. The van der Waals surface area contributed by atoms with E-state index in [4.69, 9.17) is 9.52 Å². The standard InChI is InChI=1S/C11H10BrNO3S/c1-5(2)7-9(11(14)15)17-10(13-7)8-6(12)3-4-16-8/h3-5H,1-2H3,(H,14,15). The van der Waals surface area contributed by atoms with Crippen molar-refractivity contribution in [3.05, 3.63) is 27.4 Å². The van der Waals surface area contributed by atoms with E-state index < -0.39 is 5.97 Å². The van der Waals surface area contributed by atoms with Gasteiger partial charge < -0.3 is 9.52 Å². The van der Waals surface area contributed by atoms with Crippen LogP contribution < -0.4 is 0 Å². The van der Waals surface area contributed by atoms with Gasteiger partial charge in [-0.05, 0) is 27.9 Å². The summed E-state index contributed by atoms with van der Waals surface area (Å²) in [6.45, 7) is 3.84. The average molecular weight is 316 g/mol. The van der Waals surface area contributed by atoms with Gasteiger partial charge in [0.2, 0.25) is 0 Å². The van der Waals surface area contributed by atoms with Crippen molar-refractivity contribution in [1.82, 2.24) is 4.98 Å². The van der Waals surface area contributed by atoms with Crippen LogP contribution in [-0.4, -0.2) is 16.1 Å². The van der Waals surface area contributed by atoms with Crippen molar-refractivity contribution in [2.24, 2.45) is 0 Å². The number of halogens is 1. The molecular formula is C11H10BrNO3S. The number of rotatable bonds is 3. The van der Waals surface area contributed by atoms with E-state index in [1.807, 2.05) is 13.8 Å². The molecule has 0 spiro atoms. The van der Waals surface area contributed by atoms with Gasteiger partial charge in [0.15, 0.2) is 10.8 Å². The first kappa shape index (κ1) is 12.3. The summed E-state index contributed by atoms with van der Waals surface area (Å²) in [7, 11) is 0. The molecule has 0 saturated carbocycles. The van der Waals surface area contributed by atoms with Crippen LogP contribution in [0, 0.1) is 0 Å². The van der Waals surface area contributed by atoms with Crippen LogP contribution in [0.1, 0.15) is 35.1 Å². The molecule has 0 bridgehead atoms. The predicted octanol–water partition coefficient (Wildman–Crippen LogP) is 3.99. The monoisotopic (exact) mass is 315 g/mol. The highest BCUT2D eigenvalue weighted by Gasteiger charge is 2.22. The Morgan fingerprint density at radius 1 is 1.59 bits per heavy atom. The molecule has 0 aliphatic carbocycles. The number of hydrogen-bond donors (Lipinski definition) is 1. The number of carboxylic acid groups (broad SMARTS) is 1. The van der Waals surface area contributed by atoms with Gasteiger partial charge in [0, 0.05) is 0 Å². The maximum atomic E-state index is 11.1. The molecule has 0 unspecified atom stereocenters. The van der Waals surface area contributed by atoms with Gasteiger partial charge in [0.1, 0.15) is 4.88 Å². The Morgan fingerprint density at radius 3 is 2.71 bits per heavy atom. The van der Waals surface area contributed by atoms with Gasteiger partial charge >= 0.3 is 5.97 Å². The quantitative estimate of drug-likeness (QED) is 0.930. The topological polar surface area (TPSA) is 63.3 Å². The first-order chi connectivity index (χ1) is 8.00. The molecule has 1 N–H and O–H groups in total. The molecule has 2 aromatic rings. The average Bonchev–Trinajstić information content (AvgIpc) is 2.82. The highest BCUT2D eigenvalue weighted by molar-refractivity contribution is 9.10. The van der Waals surface area contributed by atoms with Crippen molar-refractivity contribution in [3.8, 4) is 10.8 Å². The highest BCUT2D eigenvalue weighted by Crippen LogP contribution is 2.35. The maximum absolute atomic E-state index is 11.1. The molecule has 2 aromatic heterocycles. The number of thiazole rings is 1. The fraction of sp³-hybridized carbons (Fsp3) is 0.273. The molecule has 2 heterocycles. The molecule has 0 amide bonds. The minimum atomic E-state index is -0.944. The summed E-state index contributed by atoms with van der Waals surface area (Å²) >= 11 is 4.47. The number of nitrogens with zero attached hydrogens (tertiary/aromatic N) is 1. The van der Waals surface area contributed by atoms with Crippen LogP contribution in [0.25, 0.3) is 10.8 Å². The molecule has 0 saturated heterocycles. The molecule has 4 nitrogen and oxygen atoms in total. The summed E-state index contributed by atoms with van der Waals surface area (Å²) < 4.78 is 6.06. The fourth-order valence-electron chi connectivity index (χ4n) is 1.42. The van der Waals surface area contributed by atoms with Gasteiger partial charge in [0.05, 0.1) is 16.4 Å². The first-order valence-corrected chi connectivity index (χ1v) is 6.59. The van der Waals surface area contributed by atoms with Crippen molar-refractivity contribution in [1.29, 1.82) is 0 Å². The van der Waals surface area contributed by atoms with E-state index in [1.54, 1.807) is 6.07 Å². The van der Waals surface area contributed by atoms with Gasteiger partial charge in [0.25, 0.3) is 0 Å². The van der Waals surface area contributed by atoms with Crippen LogP contribution >= 0.6 is 27.3 Å². The third-order valence-corrected chi connectivity index (χ3v) is 3.89. The summed E-state index contributed by atoms with van der Waals surface area (Å²) in [5.74, 6) is -0.302. The first-order valence-electron chi connectivity index (χ1n) is 4.98. The zero-order valence-corrected chi connectivity index (χ0v) is 11.6. The Balaban J connectivity index is 2.55. The minimum absolute atomic E-state index is 0.0693. The molecule has 0 aliphatic rings. The Labute approximate surface area is 110 Å². The third-order valence-electron chi connectivity index (χ3n) is 2.21. The van der Waals surface area contributed by atoms with Crippen LogP contribution in [0.3, 0.4) is 0 Å². The summed E-state index contributed by atoms with van der Waals surface area (Å²) in [5, 5.41) is 9.71. The van der Waals surface area contributed by atoms with Crippen molar-refractivity contribution >= 4 is 33.2 Å². The Kier molecular flexibility index (Phi) is 3.35. The molecule has 17 heavy (non-hydrogen) atoms. The molecular weight excluding hydrogens is 306 g/mol. The summed E-state index contributed by atoms with van der Waals surface area (Å²) in [5.41, 5.74) is 0.598. The van der Waals surface area contributed by atoms with Crippen LogP contribution in [0.2, 0.25) is 0 Å². The van der Waals surface area contributed by atoms with Gasteiger partial charge in [-0.25, -0.2) is 9.78 Å². The van der Waals surface area contributed by atoms with Crippen molar-refractivity contribution in [2.45, 2.75) is 19.8 Å². The smallest absolute Gasteiger partial charge is 0.347 e. The highest BCUT2D eigenvalue weighted by atomic mass is 79.9. The lowest BCUT2D eigenvalue weighted by molar-refractivity contribution is 0.0700. The largest absolute Gasteiger partial charge is 0.477 e. The third kappa shape index (κ3) is 2.28. The number of carboxylic acids is 1. The van der Waals surface area contributed by atoms with E-state index in [-0.39, 0.29) is 10.8 Å². The Bertz CT molecular complexity index is 559. The summed E-state index contributed by atoms with van der Waals surface area (Å²) in [6, 6.07) is 1.76. The van der Waals surface area contributed by atoms with Gasteiger partial charge in [-0.15, -0.1) is 11.3 Å². The lowest BCUT2D eigenvalue weighted by Gasteiger charge is -2.00. The second-order valence-electron chi connectivity index (χ2n) is 3.79. The SMILES string of the molecule is CC(C)c1nc(-c2occc2Br)sc1C(=O)O. The Morgan fingerprint density at radius 2 is 2.29 bits per heavy atom. The van der Waals surface area contributed by atoms with Crippen molar-refractivity contribution in [3.63, 3.8) is 0 Å². The van der Waals surface area contributed by atoms with E-state index in [0.717, 1.165) is 15.8 Å². The molecule has 0 radical (unpaired) electrons. The lowest BCUT2D eigenvalue weighted by atomic mass is 10.1. The molecule has 6 heteroatoms. The van der Waals surface area contributed by atoms with E-state index >= 15 is 0 Å². The maximum Gasteiger partial charge on any atom is 0.347 e. The number of aromatic carboxylic acids is 1. The molecule has 0 atom stereocenters. The zero-order valence-electron chi connectivity index (χ0n) is 9.23. The minimum Gasteiger partial charge on any atom is -0.477 e.